The summed E-state index contributed by atoms with van der Waals surface area (Å²) in [6, 6.07) is 11.6. The minimum absolute atomic E-state index is 0.229. The Morgan fingerprint density at radius 1 is 1.11 bits per heavy atom. The van der Waals surface area contributed by atoms with Gasteiger partial charge in [-0.25, -0.2) is 4.39 Å². The fourth-order valence-corrected chi connectivity index (χ4v) is 1.60. The van der Waals surface area contributed by atoms with E-state index in [4.69, 9.17) is 15.2 Å². The van der Waals surface area contributed by atoms with Crippen molar-refractivity contribution < 1.29 is 13.9 Å². The summed E-state index contributed by atoms with van der Waals surface area (Å²) in [5.74, 6) is 0.468. The molecule has 0 saturated heterocycles. The summed E-state index contributed by atoms with van der Waals surface area (Å²) in [5.41, 5.74) is 7.17. The van der Waals surface area contributed by atoms with E-state index in [1.807, 2.05) is 6.07 Å². The molecule has 2 aromatic carbocycles. The van der Waals surface area contributed by atoms with Crippen molar-refractivity contribution >= 4 is 5.69 Å². The lowest BCUT2D eigenvalue weighted by atomic mass is 10.2. The second kappa shape index (κ2) is 5.40. The molecule has 3 nitrogen and oxygen atoms in total. The van der Waals surface area contributed by atoms with Gasteiger partial charge >= 0.3 is 0 Å². The summed E-state index contributed by atoms with van der Waals surface area (Å²) < 4.78 is 23.8. The summed E-state index contributed by atoms with van der Waals surface area (Å²) in [6.07, 6.45) is 0. The van der Waals surface area contributed by atoms with Crippen LogP contribution in [0.4, 0.5) is 10.1 Å². The first-order valence-corrected chi connectivity index (χ1v) is 5.50. The maximum absolute atomic E-state index is 13.3. The largest absolute Gasteiger partial charge is 0.495 e. The van der Waals surface area contributed by atoms with E-state index in [0.29, 0.717) is 11.4 Å². The number of para-hydroxylation sites is 1. The number of ether oxygens (including phenoxy) is 2. The maximum Gasteiger partial charge on any atom is 0.165 e. The van der Waals surface area contributed by atoms with E-state index in [1.54, 1.807) is 37.4 Å². The molecule has 0 heterocycles. The van der Waals surface area contributed by atoms with Crippen LogP contribution < -0.4 is 15.2 Å². The fraction of sp³-hybridized carbons (Fsp3) is 0.143. The van der Waals surface area contributed by atoms with Gasteiger partial charge in [-0.05, 0) is 29.8 Å². The first-order chi connectivity index (χ1) is 8.70. The van der Waals surface area contributed by atoms with Crippen LogP contribution in [0.15, 0.2) is 42.5 Å². The van der Waals surface area contributed by atoms with Gasteiger partial charge in [-0.3, -0.25) is 0 Å². The lowest BCUT2D eigenvalue weighted by molar-refractivity contribution is 0.290. The lowest BCUT2D eigenvalue weighted by Gasteiger charge is -2.09. The van der Waals surface area contributed by atoms with E-state index in [2.05, 4.69) is 0 Å². The Hall–Kier alpha value is -2.23. The molecule has 2 N–H and O–H groups in total. The quantitative estimate of drug-likeness (QED) is 0.845. The molecule has 2 rings (SSSR count). The van der Waals surface area contributed by atoms with Crippen LogP contribution in [-0.4, -0.2) is 7.11 Å². The van der Waals surface area contributed by atoms with Gasteiger partial charge in [-0.1, -0.05) is 18.2 Å². The normalized spacial score (nSPS) is 10.1. The van der Waals surface area contributed by atoms with Crippen molar-refractivity contribution in [1.82, 2.24) is 0 Å². The molecule has 0 aliphatic rings. The van der Waals surface area contributed by atoms with Gasteiger partial charge in [-0.2, -0.15) is 0 Å². The molecule has 18 heavy (non-hydrogen) atoms. The maximum atomic E-state index is 13.3. The molecule has 0 saturated carbocycles. The van der Waals surface area contributed by atoms with Gasteiger partial charge in [0, 0.05) is 0 Å². The molecule has 0 atom stereocenters. The predicted molar refractivity (Wildman–Crippen MR) is 68.1 cm³/mol. The van der Waals surface area contributed by atoms with Crippen molar-refractivity contribution in [3.8, 4) is 11.5 Å². The van der Waals surface area contributed by atoms with Gasteiger partial charge in [0.15, 0.2) is 11.6 Å². The fourth-order valence-electron chi connectivity index (χ4n) is 1.60. The molecule has 0 aliphatic heterocycles. The average molecular weight is 247 g/mol. The van der Waals surface area contributed by atoms with E-state index >= 15 is 0 Å². The Kier molecular flexibility index (Phi) is 3.67. The molecule has 0 aromatic heterocycles. The van der Waals surface area contributed by atoms with Gasteiger partial charge in [0.25, 0.3) is 0 Å². The van der Waals surface area contributed by atoms with Crippen molar-refractivity contribution in [2.45, 2.75) is 6.61 Å². The van der Waals surface area contributed by atoms with Crippen molar-refractivity contribution in [1.29, 1.82) is 0 Å². The smallest absolute Gasteiger partial charge is 0.165 e. The monoisotopic (exact) mass is 247 g/mol. The molecule has 0 radical (unpaired) electrons. The molecular formula is C14H14FNO2. The van der Waals surface area contributed by atoms with Crippen LogP contribution in [0.3, 0.4) is 0 Å². The molecule has 0 fully saturated rings. The third-order valence-corrected chi connectivity index (χ3v) is 2.53. The summed E-state index contributed by atoms with van der Waals surface area (Å²) in [7, 11) is 1.56. The van der Waals surface area contributed by atoms with Crippen molar-refractivity contribution in [2.75, 3.05) is 12.8 Å². The molecule has 4 heteroatoms. The van der Waals surface area contributed by atoms with Gasteiger partial charge in [-0.15, -0.1) is 0 Å². The van der Waals surface area contributed by atoms with Crippen LogP contribution in [-0.2, 0) is 6.61 Å². The number of hydrogen-bond acceptors (Lipinski definition) is 3. The highest BCUT2D eigenvalue weighted by molar-refractivity contribution is 5.54. The Labute approximate surface area is 105 Å². The number of halogens is 1. The number of hydrogen-bond donors (Lipinski definition) is 1. The average Bonchev–Trinajstić information content (AvgIpc) is 2.38. The molecule has 0 aliphatic carbocycles. The van der Waals surface area contributed by atoms with Crippen LogP contribution >= 0.6 is 0 Å². The molecule has 0 unspecified atom stereocenters. The van der Waals surface area contributed by atoms with Gasteiger partial charge in [0.05, 0.1) is 12.8 Å². The second-order valence-corrected chi connectivity index (χ2v) is 3.80. The highest BCUT2D eigenvalue weighted by Gasteiger charge is 2.04. The molecule has 0 amide bonds. The number of nitrogen functional groups attached to an aromatic ring is 1. The summed E-state index contributed by atoms with van der Waals surface area (Å²) in [4.78, 5) is 0. The minimum atomic E-state index is -0.376. The van der Waals surface area contributed by atoms with E-state index in [-0.39, 0.29) is 18.2 Å². The standard InChI is InChI=1S/C14H14FNO2/c1-17-14-7-6-10(8-12(14)16)9-18-13-5-3-2-4-11(13)15/h2-8H,9,16H2,1H3. The third-order valence-electron chi connectivity index (χ3n) is 2.53. The first kappa shape index (κ1) is 12.2. The Bertz CT molecular complexity index is 543. The van der Waals surface area contributed by atoms with Gasteiger partial charge < -0.3 is 15.2 Å². The van der Waals surface area contributed by atoms with Crippen LogP contribution in [0.25, 0.3) is 0 Å². The Morgan fingerprint density at radius 3 is 2.56 bits per heavy atom. The van der Waals surface area contributed by atoms with Crippen molar-refractivity contribution in [3.63, 3.8) is 0 Å². The van der Waals surface area contributed by atoms with Crippen LogP contribution in [0.1, 0.15) is 5.56 Å². The predicted octanol–water partition coefficient (Wildman–Crippen LogP) is 3.00. The summed E-state index contributed by atoms with van der Waals surface area (Å²) in [6.45, 7) is 0.259. The van der Waals surface area contributed by atoms with Crippen LogP contribution in [0, 0.1) is 5.82 Å². The third kappa shape index (κ3) is 2.71. The topological polar surface area (TPSA) is 44.5 Å². The highest BCUT2D eigenvalue weighted by atomic mass is 19.1. The first-order valence-electron chi connectivity index (χ1n) is 5.50. The van der Waals surface area contributed by atoms with Crippen LogP contribution in [0.2, 0.25) is 0 Å². The van der Waals surface area contributed by atoms with Gasteiger partial charge in [0.2, 0.25) is 0 Å². The van der Waals surface area contributed by atoms with Crippen LogP contribution in [0.5, 0.6) is 11.5 Å². The minimum Gasteiger partial charge on any atom is -0.495 e. The molecule has 94 valence electrons. The SMILES string of the molecule is COc1ccc(COc2ccccc2F)cc1N. The Balaban J connectivity index is 2.07. The number of anilines is 1. The van der Waals surface area contributed by atoms with Crippen molar-refractivity contribution in [2.24, 2.45) is 0 Å². The molecule has 0 spiro atoms. The van der Waals surface area contributed by atoms with E-state index in [0.717, 1.165) is 5.56 Å². The molecule has 0 bridgehead atoms. The number of nitrogens with two attached hydrogens (primary N) is 1. The number of rotatable bonds is 4. The zero-order chi connectivity index (χ0) is 13.0. The molecular weight excluding hydrogens is 233 g/mol. The zero-order valence-corrected chi connectivity index (χ0v) is 10.0. The van der Waals surface area contributed by atoms with E-state index < -0.39 is 0 Å². The second-order valence-electron chi connectivity index (χ2n) is 3.80. The number of benzene rings is 2. The number of methoxy groups -OCH3 is 1. The molecule has 2 aromatic rings. The summed E-state index contributed by atoms with van der Waals surface area (Å²) >= 11 is 0. The summed E-state index contributed by atoms with van der Waals surface area (Å²) in [5, 5.41) is 0. The van der Waals surface area contributed by atoms with E-state index in [9.17, 15) is 4.39 Å². The van der Waals surface area contributed by atoms with Gasteiger partial charge in [0.1, 0.15) is 12.4 Å². The van der Waals surface area contributed by atoms with Crippen molar-refractivity contribution in [3.05, 3.63) is 53.8 Å². The van der Waals surface area contributed by atoms with E-state index in [1.165, 1.54) is 6.07 Å². The Morgan fingerprint density at radius 2 is 1.89 bits per heavy atom. The zero-order valence-electron chi connectivity index (χ0n) is 10.0. The lowest BCUT2D eigenvalue weighted by Crippen LogP contribution is -1.99. The highest BCUT2D eigenvalue weighted by Crippen LogP contribution is 2.23.